The van der Waals surface area contributed by atoms with E-state index in [0.29, 0.717) is 0 Å². The lowest BCUT2D eigenvalue weighted by Crippen LogP contribution is -2.11. The molecule has 8 heteroatoms. The van der Waals surface area contributed by atoms with E-state index < -0.39 is 21.2 Å². The Bertz CT molecular complexity index is 484. The van der Waals surface area contributed by atoms with Gasteiger partial charge in [-0.2, -0.15) is 0 Å². The SMILES string of the molecule is CC(C)Oc1cc(OC(C)C)c([N+](=O)[O-])cc1[N+](=O)[O-]. The van der Waals surface area contributed by atoms with Gasteiger partial charge in [0, 0.05) is 6.07 Å². The normalized spacial score (nSPS) is 10.7. The van der Waals surface area contributed by atoms with Gasteiger partial charge >= 0.3 is 11.4 Å². The molecular formula is C12H16N2O6. The van der Waals surface area contributed by atoms with Gasteiger partial charge < -0.3 is 9.47 Å². The molecule has 0 aliphatic carbocycles. The van der Waals surface area contributed by atoms with Gasteiger partial charge in [-0.25, -0.2) is 0 Å². The average Bonchev–Trinajstić information content (AvgIpc) is 2.26. The van der Waals surface area contributed by atoms with Crippen LogP contribution in [0, 0.1) is 20.2 Å². The molecule has 0 N–H and O–H groups in total. The molecule has 0 atom stereocenters. The Kier molecular flexibility index (Phi) is 4.84. The van der Waals surface area contributed by atoms with Crippen molar-refractivity contribution in [3.05, 3.63) is 32.4 Å². The van der Waals surface area contributed by atoms with Crippen molar-refractivity contribution in [1.29, 1.82) is 0 Å². The number of nitro benzene ring substituents is 2. The summed E-state index contributed by atoms with van der Waals surface area (Å²) < 4.78 is 10.6. The molecular weight excluding hydrogens is 268 g/mol. The third-order valence-corrected chi connectivity index (χ3v) is 2.16. The fourth-order valence-electron chi connectivity index (χ4n) is 1.52. The van der Waals surface area contributed by atoms with Crippen LogP contribution in [0.3, 0.4) is 0 Å². The molecule has 0 amide bonds. The maximum atomic E-state index is 11.0. The molecule has 0 spiro atoms. The van der Waals surface area contributed by atoms with Crippen molar-refractivity contribution in [2.75, 3.05) is 0 Å². The maximum absolute atomic E-state index is 11.0. The second-order valence-electron chi connectivity index (χ2n) is 4.64. The first-order valence-electron chi connectivity index (χ1n) is 6.02. The standard InChI is InChI=1S/C12H16N2O6/c1-7(2)19-11-6-12(20-8(3)4)10(14(17)18)5-9(11)13(15)16/h5-8H,1-4H3. The van der Waals surface area contributed by atoms with Gasteiger partial charge in [0.2, 0.25) is 11.5 Å². The fourth-order valence-corrected chi connectivity index (χ4v) is 1.52. The largest absolute Gasteiger partial charge is 0.484 e. The number of ether oxygens (including phenoxy) is 2. The predicted molar refractivity (Wildman–Crippen MR) is 71.3 cm³/mol. The van der Waals surface area contributed by atoms with Crippen LogP contribution < -0.4 is 9.47 Å². The third-order valence-electron chi connectivity index (χ3n) is 2.16. The third kappa shape index (κ3) is 3.81. The summed E-state index contributed by atoms with van der Waals surface area (Å²) in [4.78, 5) is 20.5. The monoisotopic (exact) mass is 284 g/mol. The predicted octanol–water partition coefficient (Wildman–Crippen LogP) is 3.08. The Labute approximate surface area is 115 Å². The second-order valence-corrected chi connectivity index (χ2v) is 4.64. The van der Waals surface area contributed by atoms with Crippen LogP contribution >= 0.6 is 0 Å². The van der Waals surface area contributed by atoms with Gasteiger partial charge in [0.15, 0.2) is 0 Å². The summed E-state index contributed by atoms with van der Waals surface area (Å²) in [6.07, 6.45) is -0.607. The summed E-state index contributed by atoms with van der Waals surface area (Å²) in [5, 5.41) is 21.9. The van der Waals surface area contributed by atoms with Crippen molar-refractivity contribution in [3.8, 4) is 11.5 Å². The minimum atomic E-state index is -0.718. The van der Waals surface area contributed by atoms with Crippen LogP contribution in [-0.2, 0) is 0 Å². The van der Waals surface area contributed by atoms with Gasteiger partial charge in [0.1, 0.15) is 6.07 Å². The zero-order valence-electron chi connectivity index (χ0n) is 11.7. The molecule has 0 aromatic heterocycles. The van der Waals surface area contributed by atoms with Crippen molar-refractivity contribution in [1.82, 2.24) is 0 Å². The Balaban J connectivity index is 3.42. The van der Waals surface area contributed by atoms with E-state index in [1.54, 1.807) is 27.7 Å². The van der Waals surface area contributed by atoms with E-state index in [0.717, 1.165) is 6.07 Å². The van der Waals surface area contributed by atoms with Gasteiger partial charge in [-0.1, -0.05) is 0 Å². The van der Waals surface area contributed by atoms with Crippen LogP contribution in [0.25, 0.3) is 0 Å². The van der Waals surface area contributed by atoms with E-state index in [4.69, 9.17) is 9.47 Å². The summed E-state index contributed by atoms with van der Waals surface area (Å²) in [5.74, 6) is -0.0995. The minimum absolute atomic E-state index is 0.0498. The Morgan fingerprint density at radius 2 is 1.20 bits per heavy atom. The second kappa shape index (κ2) is 6.18. The molecule has 0 bridgehead atoms. The fraction of sp³-hybridized carbons (Fsp3) is 0.500. The zero-order valence-corrected chi connectivity index (χ0v) is 11.7. The van der Waals surface area contributed by atoms with Gasteiger partial charge in [0.25, 0.3) is 0 Å². The first kappa shape index (κ1) is 15.7. The minimum Gasteiger partial charge on any atom is -0.484 e. The highest BCUT2D eigenvalue weighted by atomic mass is 16.6. The first-order valence-corrected chi connectivity index (χ1v) is 6.02. The molecule has 0 unspecified atom stereocenters. The molecule has 0 saturated carbocycles. The van der Waals surface area contributed by atoms with Crippen molar-refractivity contribution in [2.24, 2.45) is 0 Å². The van der Waals surface area contributed by atoms with Gasteiger partial charge in [-0.15, -0.1) is 0 Å². The van der Waals surface area contributed by atoms with Crippen LogP contribution in [0.2, 0.25) is 0 Å². The number of hydrogen-bond acceptors (Lipinski definition) is 6. The number of benzene rings is 1. The van der Waals surface area contributed by atoms with Crippen molar-refractivity contribution < 1.29 is 19.3 Å². The molecule has 0 heterocycles. The lowest BCUT2D eigenvalue weighted by Gasteiger charge is -2.14. The van der Waals surface area contributed by atoms with E-state index in [1.165, 1.54) is 6.07 Å². The first-order chi connectivity index (χ1) is 9.22. The van der Waals surface area contributed by atoms with Crippen LogP contribution in [0.1, 0.15) is 27.7 Å². The topological polar surface area (TPSA) is 105 Å². The highest BCUT2D eigenvalue weighted by molar-refractivity contribution is 5.61. The molecule has 20 heavy (non-hydrogen) atoms. The average molecular weight is 284 g/mol. The lowest BCUT2D eigenvalue weighted by molar-refractivity contribution is -0.395. The molecule has 0 saturated heterocycles. The van der Waals surface area contributed by atoms with E-state index in [1.807, 2.05) is 0 Å². The number of rotatable bonds is 6. The Hall–Kier alpha value is -2.38. The van der Waals surface area contributed by atoms with Crippen LogP contribution in [-0.4, -0.2) is 22.1 Å². The van der Waals surface area contributed by atoms with Crippen LogP contribution in [0.4, 0.5) is 11.4 Å². The van der Waals surface area contributed by atoms with E-state index in [2.05, 4.69) is 0 Å². The number of nitrogens with zero attached hydrogens (tertiary/aromatic N) is 2. The smallest absolute Gasteiger partial charge is 0.318 e. The van der Waals surface area contributed by atoms with Gasteiger partial charge in [-0.3, -0.25) is 20.2 Å². The molecule has 110 valence electrons. The van der Waals surface area contributed by atoms with E-state index in [9.17, 15) is 20.2 Å². The molecule has 1 aromatic carbocycles. The summed E-state index contributed by atoms with van der Waals surface area (Å²) in [7, 11) is 0. The van der Waals surface area contributed by atoms with Gasteiger partial charge in [0.05, 0.1) is 22.1 Å². The molecule has 1 aromatic rings. The van der Waals surface area contributed by atoms with Crippen LogP contribution in [0.15, 0.2) is 12.1 Å². The number of nitro groups is 2. The summed E-state index contributed by atoms with van der Waals surface area (Å²) in [6.45, 7) is 6.81. The highest BCUT2D eigenvalue weighted by Gasteiger charge is 2.27. The molecule has 8 nitrogen and oxygen atoms in total. The zero-order chi connectivity index (χ0) is 15.4. The maximum Gasteiger partial charge on any atom is 0.318 e. The quantitative estimate of drug-likeness (QED) is 0.587. The van der Waals surface area contributed by atoms with E-state index in [-0.39, 0.29) is 23.7 Å². The van der Waals surface area contributed by atoms with Crippen molar-refractivity contribution in [3.63, 3.8) is 0 Å². The van der Waals surface area contributed by atoms with Crippen molar-refractivity contribution in [2.45, 2.75) is 39.9 Å². The Morgan fingerprint density at radius 3 is 1.45 bits per heavy atom. The number of hydrogen-bond donors (Lipinski definition) is 0. The molecule has 0 aliphatic rings. The summed E-state index contributed by atoms with van der Waals surface area (Å²) >= 11 is 0. The molecule has 0 aliphatic heterocycles. The highest BCUT2D eigenvalue weighted by Crippen LogP contribution is 2.39. The lowest BCUT2D eigenvalue weighted by atomic mass is 10.2. The van der Waals surface area contributed by atoms with Crippen molar-refractivity contribution >= 4 is 11.4 Å². The summed E-state index contributed by atoms with van der Waals surface area (Å²) in [6, 6.07) is 2.05. The molecule has 1 rings (SSSR count). The Morgan fingerprint density at radius 1 is 0.850 bits per heavy atom. The molecule has 0 fully saturated rings. The summed E-state index contributed by atoms with van der Waals surface area (Å²) in [5.41, 5.74) is -0.914. The van der Waals surface area contributed by atoms with Gasteiger partial charge in [-0.05, 0) is 27.7 Å². The van der Waals surface area contributed by atoms with Crippen LogP contribution in [0.5, 0.6) is 11.5 Å². The van der Waals surface area contributed by atoms with E-state index >= 15 is 0 Å². The molecule has 0 radical (unpaired) electrons.